The van der Waals surface area contributed by atoms with Gasteiger partial charge in [0, 0.05) is 12.6 Å². The average Bonchev–Trinajstić information content (AvgIpc) is 3.17. The maximum Gasteiger partial charge on any atom is 0.261 e. The van der Waals surface area contributed by atoms with Gasteiger partial charge in [-0.25, -0.2) is 14.4 Å². The third-order valence-corrected chi connectivity index (χ3v) is 7.98. The summed E-state index contributed by atoms with van der Waals surface area (Å²) in [4.78, 5) is 25.2. The Morgan fingerprint density at radius 2 is 2.00 bits per heavy atom. The first kappa shape index (κ1) is 26.3. The molecule has 194 valence electrons. The summed E-state index contributed by atoms with van der Waals surface area (Å²) in [5.41, 5.74) is 1.78. The van der Waals surface area contributed by atoms with E-state index in [1.165, 1.54) is 29.8 Å². The monoisotopic (exact) mass is 513 g/mol. The van der Waals surface area contributed by atoms with Crippen molar-refractivity contribution in [2.24, 2.45) is 5.41 Å². The van der Waals surface area contributed by atoms with Gasteiger partial charge in [0.25, 0.3) is 5.91 Å². The molecule has 3 aromatic rings. The van der Waals surface area contributed by atoms with Crippen LogP contribution in [0.15, 0.2) is 24.5 Å². The van der Waals surface area contributed by atoms with E-state index >= 15 is 0 Å². The summed E-state index contributed by atoms with van der Waals surface area (Å²) < 4.78 is 20.4. The third-order valence-electron chi connectivity index (χ3n) is 6.78. The molecule has 0 aliphatic heterocycles. The summed E-state index contributed by atoms with van der Waals surface area (Å²) in [5, 5.41) is 7.13. The predicted molar refractivity (Wildman–Crippen MR) is 144 cm³/mol. The van der Waals surface area contributed by atoms with Crippen molar-refractivity contribution in [1.82, 2.24) is 20.2 Å². The maximum atomic E-state index is 14.2. The number of hydrogen-bond donors (Lipinski definition) is 2. The summed E-state index contributed by atoms with van der Waals surface area (Å²) in [6, 6.07) is 4.50. The number of halogens is 1. The zero-order valence-corrected chi connectivity index (χ0v) is 22.6. The smallest absolute Gasteiger partial charge is 0.261 e. The van der Waals surface area contributed by atoms with Gasteiger partial charge in [-0.05, 0) is 82.8 Å². The van der Waals surface area contributed by atoms with Gasteiger partial charge in [0.1, 0.15) is 28.5 Å². The fourth-order valence-corrected chi connectivity index (χ4v) is 5.62. The maximum absolute atomic E-state index is 14.2. The van der Waals surface area contributed by atoms with Crippen LogP contribution in [0.1, 0.15) is 61.2 Å². The SMILES string of the molecule is Cc1c(C(=O)NCCCN(C)C)sc2ncnc(Nc3ccc(F)cc3OC3CCC(C)(C)CC3)c12. The molecule has 1 aliphatic carbocycles. The number of carbonyl (C=O) groups is 1. The molecule has 0 radical (unpaired) electrons. The number of anilines is 2. The van der Waals surface area contributed by atoms with Gasteiger partial charge in [0.2, 0.25) is 0 Å². The van der Waals surface area contributed by atoms with Gasteiger partial charge in [-0.1, -0.05) is 13.8 Å². The number of aryl methyl sites for hydroxylation is 1. The molecule has 1 amide bonds. The first-order valence-corrected chi connectivity index (χ1v) is 13.3. The lowest BCUT2D eigenvalue weighted by Gasteiger charge is -2.34. The molecule has 0 saturated heterocycles. The van der Waals surface area contributed by atoms with Crippen LogP contribution >= 0.6 is 11.3 Å². The fourth-order valence-electron chi connectivity index (χ4n) is 4.56. The molecular weight excluding hydrogens is 477 g/mol. The number of nitrogens with zero attached hydrogens (tertiary/aromatic N) is 3. The molecule has 0 bridgehead atoms. The Labute approximate surface area is 216 Å². The number of benzene rings is 1. The number of fused-ring (bicyclic) bond motifs is 1. The molecule has 2 aromatic heterocycles. The van der Waals surface area contributed by atoms with Gasteiger partial charge in [-0.15, -0.1) is 11.3 Å². The van der Waals surface area contributed by atoms with E-state index < -0.39 is 0 Å². The molecule has 4 rings (SSSR count). The lowest BCUT2D eigenvalue weighted by atomic mass is 9.76. The largest absolute Gasteiger partial charge is 0.488 e. The van der Waals surface area contributed by atoms with Crippen LogP contribution in [0.3, 0.4) is 0 Å². The van der Waals surface area contributed by atoms with E-state index in [-0.39, 0.29) is 17.8 Å². The molecular formula is C27H36FN5O2S. The Morgan fingerprint density at radius 1 is 1.25 bits per heavy atom. The van der Waals surface area contributed by atoms with Gasteiger partial charge in [0.15, 0.2) is 0 Å². The summed E-state index contributed by atoms with van der Waals surface area (Å²) in [6.45, 7) is 7.98. The number of ether oxygens (including phenoxy) is 1. The summed E-state index contributed by atoms with van der Waals surface area (Å²) in [5.74, 6) is 0.588. The van der Waals surface area contributed by atoms with Crippen molar-refractivity contribution in [1.29, 1.82) is 0 Å². The lowest BCUT2D eigenvalue weighted by molar-refractivity contribution is 0.0956. The summed E-state index contributed by atoms with van der Waals surface area (Å²) >= 11 is 1.35. The molecule has 9 heteroatoms. The van der Waals surface area contributed by atoms with E-state index in [4.69, 9.17) is 4.74 Å². The topological polar surface area (TPSA) is 79.4 Å². The van der Waals surface area contributed by atoms with Crippen molar-refractivity contribution in [2.45, 2.75) is 59.0 Å². The van der Waals surface area contributed by atoms with Crippen molar-refractivity contribution in [2.75, 3.05) is 32.5 Å². The van der Waals surface area contributed by atoms with Crippen LogP contribution in [0.25, 0.3) is 10.2 Å². The highest BCUT2D eigenvalue weighted by atomic mass is 32.1. The van der Waals surface area contributed by atoms with Crippen molar-refractivity contribution >= 4 is 39.0 Å². The molecule has 0 atom stereocenters. The van der Waals surface area contributed by atoms with Crippen molar-refractivity contribution in [3.63, 3.8) is 0 Å². The van der Waals surface area contributed by atoms with Crippen LogP contribution in [-0.4, -0.2) is 54.1 Å². The summed E-state index contributed by atoms with van der Waals surface area (Å²) in [6.07, 6.45) is 6.45. The van der Waals surface area contributed by atoms with Crippen molar-refractivity contribution in [3.05, 3.63) is 40.8 Å². The van der Waals surface area contributed by atoms with Crippen LogP contribution in [0, 0.1) is 18.2 Å². The van der Waals surface area contributed by atoms with E-state index in [1.54, 1.807) is 6.07 Å². The highest BCUT2D eigenvalue weighted by molar-refractivity contribution is 7.20. The Morgan fingerprint density at radius 3 is 2.72 bits per heavy atom. The molecule has 1 aromatic carbocycles. The van der Waals surface area contributed by atoms with Gasteiger partial charge >= 0.3 is 0 Å². The van der Waals surface area contributed by atoms with Crippen molar-refractivity contribution in [3.8, 4) is 5.75 Å². The highest BCUT2D eigenvalue weighted by Gasteiger charge is 2.28. The van der Waals surface area contributed by atoms with E-state index in [2.05, 4.69) is 39.3 Å². The number of amides is 1. The second-order valence-electron chi connectivity index (χ2n) is 10.6. The number of aromatic nitrogens is 2. The summed E-state index contributed by atoms with van der Waals surface area (Å²) in [7, 11) is 4.02. The van der Waals surface area contributed by atoms with E-state index in [9.17, 15) is 9.18 Å². The van der Waals surface area contributed by atoms with Gasteiger partial charge in [0.05, 0.1) is 22.1 Å². The molecule has 36 heavy (non-hydrogen) atoms. The van der Waals surface area contributed by atoms with E-state index in [1.807, 2.05) is 21.0 Å². The Bertz CT molecular complexity index is 1220. The van der Waals surface area contributed by atoms with Crippen LogP contribution in [-0.2, 0) is 0 Å². The fraction of sp³-hybridized carbons (Fsp3) is 0.519. The predicted octanol–water partition coefficient (Wildman–Crippen LogP) is 5.91. The standard InChI is InChI=1S/C27H36FN5O2S/c1-17-22-24(30-16-31-26(22)36-23(17)25(34)29-13-6-14-33(4)5)32-20-8-7-18(28)15-21(20)35-19-9-11-27(2,3)12-10-19/h7-8,15-16,19H,6,9-14H2,1-5H3,(H,29,34)(H,30,31,32). The number of carbonyl (C=O) groups excluding carboxylic acids is 1. The molecule has 1 fully saturated rings. The minimum atomic E-state index is -0.348. The minimum Gasteiger partial charge on any atom is -0.488 e. The van der Waals surface area contributed by atoms with Gasteiger partial charge in [-0.2, -0.15) is 0 Å². The zero-order chi connectivity index (χ0) is 25.9. The second kappa shape index (κ2) is 11.1. The van der Waals surface area contributed by atoms with Crippen LogP contribution < -0.4 is 15.4 Å². The molecule has 2 N–H and O–H groups in total. The molecule has 0 unspecified atom stereocenters. The molecule has 1 saturated carbocycles. The number of rotatable bonds is 9. The first-order valence-electron chi connectivity index (χ1n) is 12.5. The molecule has 1 aliphatic rings. The normalized spacial score (nSPS) is 15.9. The average molecular weight is 514 g/mol. The second-order valence-corrected chi connectivity index (χ2v) is 11.6. The van der Waals surface area contributed by atoms with Gasteiger partial charge in [-0.3, -0.25) is 4.79 Å². The van der Waals surface area contributed by atoms with Crippen LogP contribution in [0.5, 0.6) is 5.75 Å². The Balaban J connectivity index is 1.55. The van der Waals surface area contributed by atoms with E-state index in [0.29, 0.717) is 34.1 Å². The molecule has 2 heterocycles. The quantitative estimate of drug-likeness (QED) is 0.346. The molecule has 0 spiro atoms. The minimum absolute atomic E-state index is 0.0523. The number of thiophene rings is 1. The third kappa shape index (κ3) is 6.31. The highest BCUT2D eigenvalue weighted by Crippen LogP contribution is 2.40. The Kier molecular flexibility index (Phi) is 8.10. The van der Waals surface area contributed by atoms with Crippen LogP contribution in [0.4, 0.5) is 15.9 Å². The van der Waals surface area contributed by atoms with Crippen LogP contribution in [0.2, 0.25) is 0 Å². The number of hydrogen-bond acceptors (Lipinski definition) is 7. The first-order chi connectivity index (χ1) is 17.1. The van der Waals surface area contributed by atoms with Crippen molar-refractivity contribution < 1.29 is 13.9 Å². The Hall–Kier alpha value is -2.78. The van der Waals surface area contributed by atoms with Gasteiger partial charge < -0.3 is 20.3 Å². The van der Waals surface area contributed by atoms with E-state index in [0.717, 1.165) is 54.4 Å². The molecule has 7 nitrogen and oxygen atoms in total. The lowest BCUT2D eigenvalue weighted by Crippen LogP contribution is -2.28. The zero-order valence-electron chi connectivity index (χ0n) is 21.8. The number of nitrogens with one attached hydrogen (secondary N) is 2.